The van der Waals surface area contributed by atoms with Crippen LogP contribution in [0.1, 0.15) is 11.4 Å². The summed E-state index contributed by atoms with van der Waals surface area (Å²) in [5.41, 5.74) is 0.338. The predicted molar refractivity (Wildman–Crippen MR) is 71.4 cm³/mol. The highest BCUT2D eigenvalue weighted by Gasteiger charge is 2.16. The van der Waals surface area contributed by atoms with E-state index in [1.807, 2.05) is 17.8 Å². The first kappa shape index (κ1) is 14.0. The second-order valence-corrected chi connectivity index (χ2v) is 4.27. The lowest BCUT2D eigenvalue weighted by Crippen LogP contribution is -2.07. The topological polar surface area (TPSA) is 90.4 Å². The molecular weight excluding hydrogens is 262 g/mol. The van der Waals surface area contributed by atoms with Crippen molar-refractivity contribution in [2.75, 3.05) is 6.61 Å². The summed E-state index contributed by atoms with van der Waals surface area (Å²) in [6.45, 7) is 0.0541. The molecule has 0 saturated heterocycles. The molecular formula is C13H15N3O4. The van der Waals surface area contributed by atoms with Crippen LogP contribution in [0, 0.1) is 10.1 Å². The molecule has 7 heteroatoms. The Hall–Kier alpha value is -2.41. The zero-order chi connectivity index (χ0) is 14.5. The van der Waals surface area contributed by atoms with Crippen LogP contribution in [0.4, 0.5) is 5.69 Å². The van der Waals surface area contributed by atoms with Crippen molar-refractivity contribution in [2.45, 2.75) is 13.0 Å². The summed E-state index contributed by atoms with van der Waals surface area (Å²) in [6, 6.07) is 4.42. The summed E-state index contributed by atoms with van der Waals surface area (Å²) in [4.78, 5) is 14.6. The standard InChI is InChI=1S/C13H15N3O4/c1-15-6-5-14-13(15)4-7-20-12-3-2-10(9-17)8-11(12)16(18)19/h2-3,5-6,8,17H,4,7,9H2,1H3. The van der Waals surface area contributed by atoms with Crippen molar-refractivity contribution in [1.29, 1.82) is 0 Å². The third kappa shape index (κ3) is 3.12. The smallest absolute Gasteiger partial charge is 0.311 e. The maximum Gasteiger partial charge on any atom is 0.311 e. The number of aliphatic hydroxyl groups is 1. The second-order valence-electron chi connectivity index (χ2n) is 4.27. The van der Waals surface area contributed by atoms with Crippen molar-refractivity contribution in [1.82, 2.24) is 9.55 Å². The van der Waals surface area contributed by atoms with Crippen LogP contribution in [0.2, 0.25) is 0 Å². The molecule has 0 aliphatic heterocycles. The largest absolute Gasteiger partial charge is 0.486 e. The molecule has 0 aliphatic carbocycles. The van der Waals surface area contributed by atoms with Crippen LogP contribution in [-0.4, -0.2) is 26.2 Å². The van der Waals surface area contributed by atoms with E-state index < -0.39 is 4.92 Å². The normalized spacial score (nSPS) is 10.5. The van der Waals surface area contributed by atoms with Crippen LogP contribution in [0.15, 0.2) is 30.6 Å². The molecule has 0 saturated carbocycles. The van der Waals surface area contributed by atoms with E-state index in [0.717, 1.165) is 5.82 Å². The average molecular weight is 277 g/mol. The SMILES string of the molecule is Cn1ccnc1CCOc1ccc(CO)cc1[N+](=O)[O-]. The number of hydrogen-bond acceptors (Lipinski definition) is 5. The summed E-state index contributed by atoms with van der Waals surface area (Å²) in [7, 11) is 1.88. The molecule has 0 aliphatic rings. The van der Waals surface area contributed by atoms with Crippen LogP contribution >= 0.6 is 0 Å². The van der Waals surface area contributed by atoms with E-state index in [9.17, 15) is 10.1 Å². The highest BCUT2D eigenvalue weighted by molar-refractivity contribution is 5.48. The lowest BCUT2D eigenvalue weighted by molar-refractivity contribution is -0.386. The van der Waals surface area contributed by atoms with Crippen molar-refractivity contribution >= 4 is 5.69 Å². The first-order valence-electron chi connectivity index (χ1n) is 6.09. The monoisotopic (exact) mass is 277 g/mol. The van der Waals surface area contributed by atoms with E-state index in [4.69, 9.17) is 9.84 Å². The van der Waals surface area contributed by atoms with E-state index in [0.29, 0.717) is 18.6 Å². The first-order valence-corrected chi connectivity index (χ1v) is 6.09. The van der Waals surface area contributed by atoms with Crippen LogP contribution in [0.5, 0.6) is 5.75 Å². The molecule has 106 valence electrons. The van der Waals surface area contributed by atoms with Crippen LogP contribution < -0.4 is 4.74 Å². The summed E-state index contributed by atoms with van der Waals surface area (Å²) in [5, 5.41) is 20.0. The van der Waals surface area contributed by atoms with Gasteiger partial charge in [0.2, 0.25) is 0 Å². The Labute approximate surface area is 115 Å². The summed E-state index contributed by atoms with van der Waals surface area (Å²) in [6.07, 6.45) is 4.07. The van der Waals surface area contributed by atoms with E-state index in [2.05, 4.69) is 4.98 Å². The fourth-order valence-electron chi connectivity index (χ4n) is 1.82. The number of ether oxygens (including phenoxy) is 1. The van der Waals surface area contributed by atoms with E-state index >= 15 is 0 Å². The molecule has 0 amide bonds. The van der Waals surface area contributed by atoms with Crippen LogP contribution in [-0.2, 0) is 20.1 Å². The molecule has 2 rings (SSSR count). The molecule has 1 aromatic heterocycles. The number of nitrogens with zero attached hydrogens (tertiary/aromatic N) is 3. The molecule has 0 unspecified atom stereocenters. The zero-order valence-electron chi connectivity index (χ0n) is 11.0. The van der Waals surface area contributed by atoms with Crippen molar-refractivity contribution in [2.24, 2.45) is 7.05 Å². The van der Waals surface area contributed by atoms with Gasteiger partial charge in [-0.25, -0.2) is 4.98 Å². The Kier molecular flexibility index (Phi) is 4.31. The minimum Gasteiger partial charge on any atom is -0.486 e. The van der Waals surface area contributed by atoms with Gasteiger partial charge < -0.3 is 14.4 Å². The third-order valence-electron chi connectivity index (χ3n) is 2.91. The van der Waals surface area contributed by atoms with Crippen LogP contribution in [0.25, 0.3) is 0 Å². The Morgan fingerprint density at radius 2 is 2.30 bits per heavy atom. The minimum atomic E-state index is -0.519. The molecule has 0 radical (unpaired) electrons. The number of benzene rings is 1. The molecule has 1 aromatic carbocycles. The van der Waals surface area contributed by atoms with Gasteiger partial charge in [0.25, 0.3) is 0 Å². The lowest BCUT2D eigenvalue weighted by Gasteiger charge is -2.07. The van der Waals surface area contributed by atoms with Crippen molar-refractivity contribution in [3.63, 3.8) is 0 Å². The minimum absolute atomic E-state index is 0.142. The van der Waals surface area contributed by atoms with Gasteiger partial charge in [0.1, 0.15) is 5.82 Å². The van der Waals surface area contributed by atoms with Gasteiger partial charge in [-0.05, 0) is 11.6 Å². The fourth-order valence-corrected chi connectivity index (χ4v) is 1.82. The molecule has 2 aromatic rings. The van der Waals surface area contributed by atoms with Crippen molar-refractivity contribution in [3.8, 4) is 5.75 Å². The lowest BCUT2D eigenvalue weighted by atomic mass is 10.2. The van der Waals surface area contributed by atoms with Crippen molar-refractivity contribution in [3.05, 3.63) is 52.1 Å². The molecule has 20 heavy (non-hydrogen) atoms. The quantitative estimate of drug-likeness (QED) is 0.637. The molecule has 0 bridgehead atoms. The number of hydrogen-bond donors (Lipinski definition) is 1. The van der Waals surface area contributed by atoms with E-state index in [1.165, 1.54) is 12.1 Å². The Bertz CT molecular complexity index is 609. The molecule has 0 spiro atoms. The third-order valence-corrected chi connectivity index (χ3v) is 2.91. The zero-order valence-corrected chi connectivity index (χ0v) is 11.0. The van der Waals surface area contributed by atoms with Crippen molar-refractivity contribution < 1.29 is 14.8 Å². The molecule has 0 atom stereocenters. The Morgan fingerprint density at radius 3 is 2.90 bits per heavy atom. The maximum atomic E-state index is 11.0. The van der Waals surface area contributed by atoms with Gasteiger partial charge in [-0.3, -0.25) is 10.1 Å². The van der Waals surface area contributed by atoms with Gasteiger partial charge in [0, 0.05) is 31.9 Å². The van der Waals surface area contributed by atoms with Gasteiger partial charge in [0.15, 0.2) is 5.75 Å². The highest BCUT2D eigenvalue weighted by Crippen LogP contribution is 2.28. The number of rotatable bonds is 6. The maximum absolute atomic E-state index is 11.0. The molecule has 7 nitrogen and oxygen atoms in total. The molecule has 0 fully saturated rings. The average Bonchev–Trinajstić information content (AvgIpc) is 2.84. The summed E-state index contributed by atoms with van der Waals surface area (Å²) in [5.74, 6) is 1.04. The Morgan fingerprint density at radius 1 is 1.50 bits per heavy atom. The van der Waals surface area contributed by atoms with Gasteiger partial charge in [-0.2, -0.15) is 0 Å². The highest BCUT2D eigenvalue weighted by atomic mass is 16.6. The Balaban J connectivity index is 2.05. The van der Waals surface area contributed by atoms with Gasteiger partial charge in [0.05, 0.1) is 18.1 Å². The number of nitro groups is 1. The number of aryl methyl sites for hydroxylation is 1. The molecule has 1 N–H and O–H groups in total. The number of aromatic nitrogens is 2. The summed E-state index contributed by atoms with van der Waals surface area (Å²) >= 11 is 0. The van der Waals surface area contributed by atoms with E-state index in [-0.39, 0.29) is 18.0 Å². The number of aliphatic hydroxyl groups excluding tert-OH is 1. The van der Waals surface area contributed by atoms with Crippen LogP contribution in [0.3, 0.4) is 0 Å². The second kappa shape index (κ2) is 6.16. The van der Waals surface area contributed by atoms with E-state index in [1.54, 1.807) is 12.3 Å². The number of nitro benzene ring substituents is 1. The fraction of sp³-hybridized carbons (Fsp3) is 0.308. The first-order chi connectivity index (χ1) is 9.61. The van der Waals surface area contributed by atoms with Gasteiger partial charge in [-0.1, -0.05) is 6.07 Å². The summed E-state index contributed by atoms with van der Waals surface area (Å²) < 4.78 is 7.32. The molecule has 1 heterocycles. The van der Waals surface area contributed by atoms with Gasteiger partial charge in [-0.15, -0.1) is 0 Å². The van der Waals surface area contributed by atoms with Gasteiger partial charge >= 0.3 is 5.69 Å². The number of imidazole rings is 1. The predicted octanol–water partition coefficient (Wildman–Crippen LogP) is 1.44.